The van der Waals surface area contributed by atoms with Gasteiger partial charge in [0.2, 0.25) is 17.5 Å². The van der Waals surface area contributed by atoms with E-state index in [1.807, 2.05) is 249 Å². The predicted molar refractivity (Wildman–Crippen MR) is 550 cm³/mol. The van der Waals surface area contributed by atoms with E-state index in [1.54, 1.807) is 157 Å². The summed E-state index contributed by atoms with van der Waals surface area (Å²) < 4.78 is 4.54. The minimum Gasteiger partial charge on any atom is -0.508 e. The third kappa shape index (κ3) is 121. The molecule has 21 nitrogen and oxygen atoms in total. The van der Waals surface area contributed by atoms with Crippen LogP contribution in [0.3, 0.4) is 0 Å². The molecule has 0 saturated carbocycles. The van der Waals surface area contributed by atoms with Gasteiger partial charge in [-0.2, -0.15) is 9.94 Å². The van der Waals surface area contributed by atoms with E-state index < -0.39 is 5.56 Å². The molecule has 22 heteroatoms. The number of aryl methyl sites for hydroxylation is 5. The summed E-state index contributed by atoms with van der Waals surface area (Å²) in [6, 6.07) is 61.7. The first-order chi connectivity index (χ1) is 60.1. The summed E-state index contributed by atoms with van der Waals surface area (Å²) in [5, 5.41) is 66.2. The van der Waals surface area contributed by atoms with Crippen molar-refractivity contribution in [3.63, 3.8) is 0 Å². The third-order valence-corrected chi connectivity index (χ3v) is 10.9. The molecule has 0 fully saturated rings. The highest BCUT2D eigenvalue weighted by Gasteiger charge is 2.02. The van der Waals surface area contributed by atoms with Gasteiger partial charge in [-0.3, -0.25) is 39.1 Å². The number of phenols is 3. The zero-order valence-electron chi connectivity index (χ0n) is 86.8. The predicted octanol–water partition coefficient (Wildman–Crippen LogP) is 28.3. The molecule has 0 saturated heterocycles. The molecule has 0 aliphatic heterocycles. The quantitative estimate of drug-likeness (QED) is 0.0268. The van der Waals surface area contributed by atoms with E-state index >= 15 is 0 Å². The van der Waals surface area contributed by atoms with Crippen molar-refractivity contribution in [1.29, 1.82) is 0 Å². The Labute approximate surface area is 778 Å². The Kier molecular flexibility index (Phi) is 133. The van der Waals surface area contributed by atoms with Gasteiger partial charge >= 0.3 is 0 Å². The first-order valence-electron chi connectivity index (χ1n) is 44.6. The smallest absolute Gasteiger partial charge is 0.292 e. The molecule has 7 heterocycles. The van der Waals surface area contributed by atoms with Crippen molar-refractivity contribution >= 4 is 24.2 Å². The van der Waals surface area contributed by atoms with Gasteiger partial charge in [0, 0.05) is 104 Å². The van der Waals surface area contributed by atoms with E-state index in [0.717, 1.165) is 56.3 Å². The largest absolute Gasteiger partial charge is 0.508 e. The molecular weight excluding hydrogens is 1610 g/mol. The summed E-state index contributed by atoms with van der Waals surface area (Å²) in [5.74, 6) is 5.46. The summed E-state index contributed by atoms with van der Waals surface area (Å²) in [4.78, 5) is 61.7. The molecule has 722 valence electrons. The Balaban J connectivity index is -0.0000000888. The van der Waals surface area contributed by atoms with Crippen molar-refractivity contribution in [2.75, 3.05) is 0 Å². The van der Waals surface area contributed by atoms with Gasteiger partial charge in [-0.25, -0.2) is 0 Å². The number of aromatic nitrogens is 10. The number of benzene rings is 4. The lowest BCUT2D eigenvalue weighted by molar-refractivity contribution is -0.908. The fourth-order valence-corrected chi connectivity index (χ4v) is 5.84. The summed E-state index contributed by atoms with van der Waals surface area (Å²) in [6.07, 6.45) is 10.0. The van der Waals surface area contributed by atoms with Crippen LogP contribution >= 0.6 is 12.6 Å². The summed E-state index contributed by atoms with van der Waals surface area (Å²) >= 11 is 4.08. The van der Waals surface area contributed by atoms with Crippen LogP contribution in [-0.4, -0.2) is 86.9 Å². The van der Waals surface area contributed by atoms with Crippen LogP contribution < -0.4 is 21.4 Å². The summed E-state index contributed by atoms with van der Waals surface area (Å²) in [5.41, 5.74) is 2.65. The highest BCUT2D eigenvalue weighted by molar-refractivity contribution is 7.80. The second-order valence-corrected chi connectivity index (χ2v) is 27.4. The number of phenolic OH excluding ortho intramolecular Hbond substituents is 3. The SMILES string of the molecule is CC.CC.CC.CC.CC.CC.CC.CC.CC.CC(=O)c1ccccc1.CC(=O)c1ccccn1.CC(C)C.CC(C)C.CC(C)C.CC(C)C.CC(C)C.CC(C)c1nn[nH]n1.Cc1cccc(=O)n1O.Cc1cccc(O)c1O.Cc1cccc[n+]1O.Cn1cccc(O)c1=O.Cn1ccccc1=O.Oc1ccccc1.Sc1ccccc1.c1ccncc1. The van der Waals surface area contributed by atoms with E-state index in [9.17, 15) is 24.0 Å². The zero-order valence-corrected chi connectivity index (χ0v) is 87.7. The number of nitrogens with one attached hydrogen (secondary N) is 1. The number of aromatic hydroxyl groups is 4. The molecule has 0 aliphatic rings. The molecule has 4 aromatic carbocycles. The maximum absolute atomic E-state index is 10.7. The summed E-state index contributed by atoms with van der Waals surface area (Å²) in [6.45, 7) is 80.8. The molecule has 11 rings (SSSR count). The number of aromatic amines is 1. The third-order valence-electron chi connectivity index (χ3n) is 10.6. The normalized spacial score (nSPS) is 8.26. The van der Waals surface area contributed by atoms with Gasteiger partial charge in [-0.1, -0.05) is 351 Å². The van der Waals surface area contributed by atoms with E-state index in [4.69, 9.17) is 30.8 Å². The fourth-order valence-electron chi connectivity index (χ4n) is 5.67. The lowest BCUT2D eigenvalue weighted by atomic mass is 10.2. The van der Waals surface area contributed by atoms with Gasteiger partial charge in [-0.15, -0.1) is 22.8 Å². The maximum atomic E-state index is 10.7. The Morgan fingerprint density at radius 3 is 1.01 bits per heavy atom. The maximum Gasteiger partial charge on any atom is 0.292 e. The zero-order chi connectivity index (χ0) is 102. The van der Waals surface area contributed by atoms with Crippen LogP contribution in [0.25, 0.3) is 0 Å². The standard InChI is InChI=1S/C8H8O.C7H7NO.C7H8O2.2C6H7NO2.C6H7NO.C6H8NO.C6H6O.C6H6S.C5H5N.C4H8N4.5C4H10.9C2H6/c1-7(9)8-5-3-2-4-6-8;1-6(9)7-4-2-3-5-8-7;1-5-3-2-4-6(8)7(5)9;1-7-4-2-3-5(8)6(7)9;1-5-3-2-4-6(8)7(5)9;1-7-5-3-2-4-6(7)8;1-6-4-2-3-5-7(6)8;2*7-6-4-2-1-3-5-6;1-2-4-6-5-3-1;1-3(2)4-5-7-8-6-4;5*1-4(2)3;9*1-2/h2-6H,1H3;2-5H,1H3;2-4,8-9H,1H3;2-4,8H,1H3;2-4,9H,1H3;2-5H,1H3;2-5,8H,1H3;2*1-5,7H;1-5H;3H,1-2H3,(H,5,6,7,8);5*4H,1-3H3;9*1-2H3/q;;;;;;+1;;;;;;;;;;;;;;;;;;. The first kappa shape index (κ1) is 147. The Morgan fingerprint density at radius 1 is 0.409 bits per heavy atom. The van der Waals surface area contributed by atoms with Gasteiger partial charge in [0.05, 0.1) is 5.69 Å². The van der Waals surface area contributed by atoms with Crippen LogP contribution in [0.4, 0.5) is 0 Å². The lowest BCUT2D eigenvalue weighted by Crippen LogP contribution is -2.32. The van der Waals surface area contributed by atoms with Crippen LogP contribution in [0.2, 0.25) is 0 Å². The van der Waals surface area contributed by atoms with Crippen molar-refractivity contribution in [1.82, 2.24) is 44.5 Å². The first-order valence-corrected chi connectivity index (χ1v) is 45.1. The minimum atomic E-state index is -0.394. The molecule has 0 amide bonds. The number of thiol groups is 1. The van der Waals surface area contributed by atoms with Crippen molar-refractivity contribution in [3.05, 3.63) is 315 Å². The number of H-pyrrole nitrogens is 1. The number of carbonyl (C=O) groups excluding carboxylic acids is 2. The molecule has 7 aromatic heterocycles. The van der Waals surface area contributed by atoms with Crippen molar-refractivity contribution in [2.45, 2.75) is 288 Å². The highest BCUT2D eigenvalue weighted by Crippen LogP contribution is 2.26. The van der Waals surface area contributed by atoms with E-state index in [1.165, 1.54) is 40.3 Å². The van der Waals surface area contributed by atoms with Gasteiger partial charge < -0.3 is 34.8 Å². The molecule has 0 atom stereocenters. The number of hydrogen-bond acceptors (Lipinski definition) is 17. The van der Waals surface area contributed by atoms with Crippen LogP contribution in [-0.2, 0) is 14.1 Å². The number of tetrazole rings is 1. The Morgan fingerprint density at radius 2 is 0.780 bits per heavy atom. The molecular formula is C105H181N10O11S+. The Hall–Kier alpha value is -11.3. The highest BCUT2D eigenvalue weighted by atomic mass is 32.1. The van der Waals surface area contributed by atoms with Gasteiger partial charge in [0.25, 0.3) is 11.1 Å². The topological polar surface area (TPSA) is 306 Å². The number of rotatable bonds is 3. The van der Waals surface area contributed by atoms with Crippen molar-refractivity contribution < 1.29 is 45.2 Å². The van der Waals surface area contributed by atoms with Gasteiger partial charge in [-0.05, 0) is 141 Å². The molecule has 0 spiro atoms. The van der Waals surface area contributed by atoms with Gasteiger partial charge in [0.15, 0.2) is 34.6 Å². The number of carbonyl (C=O) groups is 2. The monoisotopic (exact) mass is 1790 g/mol. The molecule has 11 aromatic rings. The number of Topliss-reactive ketones (excluding diaryl/α,β-unsaturated/α-hetero) is 2. The van der Waals surface area contributed by atoms with E-state index in [2.05, 4.69) is 147 Å². The number of para-hydroxylation sites is 2. The minimum absolute atomic E-state index is 0.00981. The van der Waals surface area contributed by atoms with Gasteiger partial charge in [0.1, 0.15) is 11.4 Å². The molecule has 0 radical (unpaired) electrons. The lowest BCUT2D eigenvalue weighted by Gasteiger charge is -1.97. The van der Waals surface area contributed by atoms with Crippen LogP contribution in [0, 0.1) is 50.4 Å². The average Bonchev–Trinajstić information content (AvgIpc) is 1.17. The number of ketones is 2. The molecule has 127 heavy (non-hydrogen) atoms. The Bertz CT molecular complexity index is 3890. The second kappa shape index (κ2) is 115. The van der Waals surface area contributed by atoms with Crippen LogP contribution in [0.15, 0.2) is 269 Å². The fraction of sp³-hybridized carbons (Fsp3) is 0.457. The van der Waals surface area contributed by atoms with Crippen LogP contribution in [0.1, 0.15) is 306 Å². The number of nitrogens with zero attached hydrogens (tertiary/aromatic N) is 9. The number of hydrogen-bond donors (Lipinski definition) is 8. The summed E-state index contributed by atoms with van der Waals surface area (Å²) in [7, 11) is 3.31. The molecule has 0 bridgehead atoms. The van der Waals surface area contributed by atoms with Crippen LogP contribution in [0.5, 0.6) is 23.0 Å². The molecule has 0 unspecified atom stereocenters. The van der Waals surface area contributed by atoms with Crippen molar-refractivity contribution in [2.24, 2.45) is 43.7 Å². The molecule has 0 aliphatic carbocycles. The van der Waals surface area contributed by atoms with Crippen molar-refractivity contribution in [3.8, 4) is 23.0 Å². The number of pyridine rings is 6. The average molecular weight is 1790 g/mol. The van der Waals surface area contributed by atoms with E-state index in [-0.39, 0.29) is 39.9 Å². The second-order valence-electron chi connectivity index (χ2n) is 26.9. The van der Waals surface area contributed by atoms with E-state index in [0.29, 0.717) is 33.3 Å². The molecule has 7 N–H and O–H groups in total.